The lowest BCUT2D eigenvalue weighted by molar-refractivity contribution is -0.143. The molecule has 1 heterocycles. The third-order valence-corrected chi connectivity index (χ3v) is 4.96. The van der Waals surface area contributed by atoms with Gasteiger partial charge in [-0.1, -0.05) is 0 Å². The topological polar surface area (TPSA) is 85.3 Å². The average Bonchev–Trinajstić information content (AvgIpc) is 3.08. The Morgan fingerprint density at radius 2 is 2.00 bits per heavy atom. The molecule has 7 nitrogen and oxygen atoms in total. The van der Waals surface area contributed by atoms with Crippen molar-refractivity contribution >= 4 is 33.3 Å². The molecule has 0 saturated heterocycles. The second kappa shape index (κ2) is 10.1. The van der Waals surface area contributed by atoms with Crippen LogP contribution in [0.5, 0.6) is 11.5 Å². The van der Waals surface area contributed by atoms with Gasteiger partial charge in [-0.15, -0.1) is 11.3 Å². The van der Waals surface area contributed by atoms with Crippen LogP contribution >= 0.6 is 11.3 Å². The van der Waals surface area contributed by atoms with Gasteiger partial charge in [0.1, 0.15) is 0 Å². The van der Waals surface area contributed by atoms with Crippen LogP contribution in [0.15, 0.2) is 18.2 Å². The van der Waals surface area contributed by atoms with E-state index in [4.69, 9.17) is 19.3 Å². The van der Waals surface area contributed by atoms with E-state index in [1.807, 2.05) is 18.2 Å². The molecule has 0 bridgehead atoms. The summed E-state index contributed by atoms with van der Waals surface area (Å²) in [6.07, 6.45) is 0.692. The molecule has 8 heteroatoms. The second-order valence-electron chi connectivity index (χ2n) is 5.86. The van der Waals surface area contributed by atoms with E-state index >= 15 is 0 Å². The van der Waals surface area contributed by atoms with Crippen molar-refractivity contribution in [3.05, 3.63) is 23.1 Å². The predicted molar refractivity (Wildman–Crippen MR) is 104 cm³/mol. The molecule has 148 valence electrons. The Balaban J connectivity index is 2.14. The van der Waals surface area contributed by atoms with Gasteiger partial charge < -0.3 is 24.2 Å². The molecule has 1 aromatic carbocycles. The number of aliphatic hydroxyl groups excluding tert-OH is 1. The Morgan fingerprint density at radius 1 is 1.22 bits per heavy atom. The fourth-order valence-corrected chi connectivity index (χ4v) is 3.52. The smallest absolute Gasteiger partial charge is 0.307 e. The van der Waals surface area contributed by atoms with Crippen molar-refractivity contribution in [1.82, 2.24) is 4.90 Å². The van der Waals surface area contributed by atoms with Gasteiger partial charge in [-0.25, -0.2) is 0 Å². The van der Waals surface area contributed by atoms with Crippen molar-refractivity contribution in [2.45, 2.75) is 19.8 Å². The van der Waals surface area contributed by atoms with Crippen LogP contribution in [0.25, 0.3) is 10.1 Å². The molecular weight excluding hydrogens is 370 g/mol. The standard InChI is InChI=1S/C19H25NO6S/c1-4-25-18(22)6-7-20(2)19(23)17-11-13-10-15(26-9-5-8-21)14(24-3)12-16(13)27-17/h10-12,21H,4-9H2,1-3H3. The van der Waals surface area contributed by atoms with Crippen LogP contribution in [0.3, 0.4) is 0 Å². The van der Waals surface area contributed by atoms with Gasteiger partial charge in [-0.2, -0.15) is 0 Å². The summed E-state index contributed by atoms with van der Waals surface area (Å²) >= 11 is 1.36. The molecular formula is C19H25NO6S. The lowest BCUT2D eigenvalue weighted by Gasteiger charge is -2.15. The van der Waals surface area contributed by atoms with Crippen LogP contribution in [0, 0.1) is 0 Å². The lowest BCUT2D eigenvalue weighted by atomic mass is 10.2. The summed E-state index contributed by atoms with van der Waals surface area (Å²) < 4.78 is 16.8. The van der Waals surface area contributed by atoms with E-state index in [1.54, 1.807) is 21.1 Å². The first-order valence-electron chi connectivity index (χ1n) is 8.76. The molecule has 2 rings (SSSR count). The van der Waals surface area contributed by atoms with Crippen LogP contribution in [0.4, 0.5) is 0 Å². The Hall–Kier alpha value is -2.32. The minimum atomic E-state index is -0.317. The highest BCUT2D eigenvalue weighted by atomic mass is 32.1. The largest absolute Gasteiger partial charge is 0.493 e. The van der Waals surface area contributed by atoms with Crippen molar-refractivity contribution < 1.29 is 28.9 Å². The highest BCUT2D eigenvalue weighted by molar-refractivity contribution is 7.20. The summed E-state index contributed by atoms with van der Waals surface area (Å²) in [6, 6.07) is 5.47. The average molecular weight is 395 g/mol. The quantitative estimate of drug-likeness (QED) is 0.492. The number of methoxy groups -OCH3 is 1. The normalized spacial score (nSPS) is 10.7. The SMILES string of the molecule is CCOC(=O)CCN(C)C(=O)c1cc2cc(OCCCO)c(OC)cc2s1. The first kappa shape index (κ1) is 21.0. The number of benzene rings is 1. The van der Waals surface area contributed by atoms with Crippen molar-refractivity contribution in [2.75, 3.05) is 40.5 Å². The molecule has 0 aliphatic carbocycles. The van der Waals surface area contributed by atoms with E-state index in [1.165, 1.54) is 16.2 Å². The molecule has 0 fully saturated rings. The predicted octanol–water partition coefficient (Wildman–Crippen LogP) is 2.70. The monoisotopic (exact) mass is 395 g/mol. The van der Waals surface area contributed by atoms with Gasteiger partial charge in [0.2, 0.25) is 0 Å². The molecule has 27 heavy (non-hydrogen) atoms. The number of esters is 1. The zero-order valence-electron chi connectivity index (χ0n) is 15.8. The maximum Gasteiger partial charge on any atom is 0.307 e. The molecule has 2 aromatic rings. The molecule has 0 aliphatic rings. The summed E-state index contributed by atoms with van der Waals surface area (Å²) in [5.41, 5.74) is 0. The summed E-state index contributed by atoms with van der Waals surface area (Å²) in [5.74, 6) is 0.688. The number of nitrogens with zero attached hydrogens (tertiary/aromatic N) is 1. The molecule has 1 amide bonds. The number of fused-ring (bicyclic) bond motifs is 1. The summed E-state index contributed by atoms with van der Waals surface area (Å²) in [6.45, 7) is 2.81. The molecule has 0 aliphatic heterocycles. The molecule has 0 spiro atoms. The van der Waals surface area contributed by atoms with Gasteiger partial charge in [-0.05, 0) is 24.4 Å². The lowest BCUT2D eigenvalue weighted by Crippen LogP contribution is -2.28. The maximum absolute atomic E-state index is 12.6. The van der Waals surface area contributed by atoms with Crippen LogP contribution < -0.4 is 9.47 Å². The summed E-state index contributed by atoms with van der Waals surface area (Å²) in [7, 11) is 3.22. The molecule has 0 saturated carbocycles. The molecule has 0 unspecified atom stereocenters. The summed E-state index contributed by atoms with van der Waals surface area (Å²) in [4.78, 5) is 26.2. The first-order valence-corrected chi connectivity index (χ1v) is 9.58. The number of aliphatic hydroxyl groups is 1. The number of carbonyl (C=O) groups excluding carboxylic acids is 2. The van der Waals surface area contributed by atoms with Gasteiger partial charge in [-0.3, -0.25) is 9.59 Å². The molecule has 1 aromatic heterocycles. The minimum absolute atomic E-state index is 0.0554. The highest BCUT2D eigenvalue weighted by Crippen LogP contribution is 2.37. The van der Waals surface area contributed by atoms with Crippen molar-refractivity contribution in [2.24, 2.45) is 0 Å². The van der Waals surface area contributed by atoms with E-state index in [0.717, 1.165) is 10.1 Å². The van der Waals surface area contributed by atoms with Gasteiger partial charge in [0.15, 0.2) is 11.5 Å². The maximum atomic E-state index is 12.6. The van der Waals surface area contributed by atoms with Crippen LogP contribution in [-0.4, -0.2) is 62.4 Å². The van der Waals surface area contributed by atoms with E-state index in [0.29, 0.717) is 42.6 Å². The van der Waals surface area contributed by atoms with Gasteiger partial charge in [0, 0.05) is 37.4 Å². The van der Waals surface area contributed by atoms with Gasteiger partial charge >= 0.3 is 5.97 Å². The molecule has 0 atom stereocenters. The highest BCUT2D eigenvalue weighted by Gasteiger charge is 2.18. The Labute approximate surface area is 162 Å². The van der Waals surface area contributed by atoms with Gasteiger partial charge in [0.25, 0.3) is 5.91 Å². The first-order chi connectivity index (χ1) is 13.0. The fraction of sp³-hybridized carbons (Fsp3) is 0.474. The third-order valence-electron chi connectivity index (χ3n) is 3.88. The molecule has 1 N–H and O–H groups in total. The summed E-state index contributed by atoms with van der Waals surface area (Å²) in [5, 5.41) is 9.76. The number of thiophene rings is 1. The van der Waals surface area contributed by atoms with Crippen molar-refractivity contribution in [1.29, 1.82) is 0 Å². The van der Waals surface area contributed by atoms with Crippen LogP contribution in [0.2, 0.25) is 0 Å². The van der Waals surface area contributed by atoms with E-state index in [2.05, 4.69) is 0 Å². The van der Waals surface area contributed by atoms with Crippen LogP contribution in [-0.2, 0) is 9.53 Å². The van der Waals surface area contributed by atoms with Crippen LogP contribution in [0.1, 0.15) is 29.4 Å². The van der Waals surface area contributed by atoms with Crippen molar-refractivity contribution in [3.63, 3.8) is 0 Å². The number of hydrogen-bond acceptors (Lipinski definition) is 7. The van der Waals surface area contributed by atoms with E-state index in [-0.39, 0.29) is 24.9 Å². The zero-order valence-corrected chi connectivity index (χ0v) is 16.6. The third kappa shape index (κ3) is 5.58. The Kier molecular flexibility index (Phi) is 7.87. The Morgan fingerprint density at radius 3 is 2.67 bits per heavy atom. The van der Waals surface area contributed by atoms with E-state index in [9.17, 15) is 9.59 Å². The molecule has 0 radical (unpaired) electrons. The number of rotatable bonds is 10. The number of hydrogen-bond donors (Lipinski definition) is 1. The van der Waals surface area contributed by atoms with E-state index < -0.39 is 0 Å². The number of carbonyl (C=O) groups is 2. The van der Waals surface area contributed by atoms with Gasteiger partial charge in [0.05, 0.1) is 31.6 Å². The Bertz CT molecular complexity index is 788. The minimum Gasteiger partial charge on any atom is -0.493 e. The number of ether oxygens (including phenoxy) is 3. The number of amides is 1. The second-order valence-corrected chi connectivity index (χ2v) is 6.94. The van der Waals surface area contributed by atoms with Crippen molar-refractivity contribution in [3.8, 4) is 11.5 Å². The zero-order chi connectivity index (χ0) is 19.8. The fourth-order valence-electron chi connectivity index (χ4n) is 2.45.